The van der Waals surface area contributed by atoms with E-state index in [9.17, 15) is 10.1 Å². The molecule has 2 heterocycles. The van der Waals surface area contributed by atoms with Crippen LogP contribution in [0, 0.1) is 28.4 Å². The van der Waals surface area contributed by atoms with Gasteiger partial charge in [0, 0.05) is 18.8 Å². The topological polar surface area (TPSA) is 84.8 Å². The van der Waals surface area contributed by atoms with E-state index in [1.807, 2.05) is 36.8 Å². The van der Waals surface area contributed by atoms with Gasteiger partial charge in [0.25, 0.3) is 5.69 Å². The Bertz CT molecular complexity index is 1030. The summed E-state index contributed by atoms with van der Waals surface area (Å²) < 4.78 is 1.83. The first-order valence-corrected chi connectivity index (χ1v) is 7.30. The van der Waals surface area contributed by atoms with Crippen molar-refractivity contribution < 1.29 is 4.92 Å². The van der Waals surface area contributed by atoms with E-state index in [0.717, 1.165) is 11.3 Å². The third kappa shape index (κ3) is 2.63. The molecule has 0 saturated heterocycles. The molecule has 0 spiro atoms. The molecule has 6 nitrogen and oxygen atoms in total. The Labute approximate surface area is 138 Å². The molecule has 0 radical (unpaired) electrons. The standard InChI is InChI=1S/C18H14N4O2/c1-12-13(10-15(11-19)21(12)2)6-7-14-8-9-16-17(20-14)4-3-5-18(16)22(23)24/h3-10H,1-2H3/b7-6+. The molecule has 0 aliphatic carbocycles. The van der Waals surface area contributed by atoms with Crippen LogP contribution >= 0.6 is 0 Å². The zero-order valence-corrected chi connectivity index (χ0v) is 13.2. The molecule has 118 valence electrons. The Kier molecular flexibility index (Phi) is 3.84. The zero-order chi connectivity index (χ0) is 17.3. The maximum Gasteiger partial charge on any atom is 0.278 e. The Morgan fingerprint density at radius 2 is 2.08 bits per heavy atom. The molecule has 0 atom stereocenters. The van der Waals surface area contributed by atoms with Crippen molar-refractivity contribution >= 4 is 28.7 Å². The van der Waals surface area contributed by atoms with E-state index >= 15 is 0 Å². The first-order chi connectivity index (χ1) is 11.5. The lowest BCUT2D eigenvalue weighted by Gasteiger charge is -2.01. The van der Waals surface area contributed by atoms with Crippen LogP contribution in [0.4, 0.5) is 5.69 Å². The van der Waals surface area contributed by atoms with E-state index in [1.165, 1.54) is 6.07 Å². The van der Waals surface area contributed by atoms with Gasteiger partial charge in [-0.3, -0.25) is 10.1 Å². The lowest BCUT2D eigenvalue weighted by molar-refractivity contribution is -0.383. The monoisotopic (exact) mass is 318 g/mol. The molecule has 0 unspecified atom stereocenters. The first kappa shape index (κ1) is 15.4. The predicted octanol–water partition coefficient (Wildman–Crippen LogP) is 3.83. The molecule has 0 aliphatic heterocycles. The maximum absolute atomic E-state index is 11.0. The summed E-state index contributed by atoms with van der Waals surface area (Å²) in [5.74, 6) is 0. The number of pyridine rings is 1. The average Bonchev–Trinajstić information content (AvgIpc) is 2.86. The Balaban J connectivity index is 1.99. The van der Waals surface area contributed by atoms with E-state index in [1.54, 1.807) is 24.3 Å². The number of hydrogen-bond donors (Lipinski definition) is 0. The van der Waals surface area contributed by atoms with Gasteiger partial charge in [-0.15, -0.1) is 0 Å². The van der Waals surface area contributed by atoms with Gasteiger partial charge in [0.15, 0.2) is 0 Å². The number of rotatable bonds is 3. The molecule has 0 N–H and O–H groups in total. The molecule has 6 heteroatoms. The quantitative estimate of drug-likeness (QED) is 0.542. The first-order valence-electron chi connectivity index (χ1n) is 7.30. The summed E-state index contributed by atoms with van der Waals surface area (Å²) in [7, 11) is 1.85. The number of nitro benzene ring substituents is 1. The van der Waals surface area contributed by atoms with Gasteiger partial charge < -0.3 is 4.57 Å². The number of fused-ring (bicyclic) bond motifs is 1. The van der Waals surface area contributed by atoms with Gasteiger partial charge in [-0.2, -0.15) is 5.26 Å². The highest BCUT2D eigenvalue weighted by atomic mass is 16.6. The van der Waals surface area contributed by atoms with Crippen molar-refractivity contribution in [2.75, 3.05) is 0 Å². The van der Waals surface area contributed by atoms with Crippen molar-refractivity contribution in [3.63, 3.8) is 0 Å². The number of hydrogen-bond acceptors (Lipinski definition) is 4. The highest BCUT2D eigenvalue weighted by molar-refractivity contribution is 5.89. The van der Waals surface area contributed by atoms with Crippen molar-refractivity contribution in [1.82, 2.24) is 9.55 Å². The summed E-state index contributed by atoms with van der Waals surface area (Å²) in [6.45, 7) is 1.94. The highest BCUT2D eigenvalue weighted by Crippen LogP contribution is 2.24. The minimum absolute atomic E-state index is 0.0492. The van der Waals surface area contributed by atoms with Crippen LogP contribution in [0.5, 0.6) is 0 Å². The largest absolute Gasteiger partial charge is 0.339 e. The SMILES string of the molecule is Cc1c(/C=C/c2ccc3c([N+](=O)[O-])cccc3n2)cc(C#N)n1C. The van der Waals surface area contributed by atoms with Gasteiger partial charge in [0.05, 0.1) is 21.5 Å². The van der Waals surface area contributed by atoms with Crippen LogP contribution in [0.3, 0.4) is 0 Å². The van der Waals surface area contributed by atoms with Crippen LogP contribution in [0.15, 0.2) is 36.4 Å². The molecule has 0 aliphatic rings. The van der Waals surface area contributed by atoms with Crippen LogP contribution in [0.2, 0.25) is 0 Å². The molecule has 0 amide bonds. The number of nitriles is 1. The summed E-state index contributed by atoms with van der Waals surface area (Å²) in [5.41, 5.74) is 3.84. The number of aromatic nitrogens is 2. The highest BCUT2D eigenvalue weighted by Gasteiger charge is 2.11. The van der Waals surface area contributed by atoms with Crippen LogP contribution in [0.25, 0.3) is 23.1 Å². The third-order valence-electron chi connectivity index (χ3n) is 4.05. The van der Waals surface area contributed by atoms with E-state index in [4.69, 9.17) is 5.26 Å². The van der Waals surface area contributed by atoms with Crippen molar-refractivity contribution in [1.29, 1.82) is 5.26 Å². The fourth-order valence-electron chi connectivity index (χ4n) is 2.58. The third-order valence-corrected chi connectivity index (χ3v) is 4.05. The van der Waals surface area contributed by atoms with E-state index in [0.29, 0.717) is 22.3 Å². The van der Waals surface area contributed by atoms with Crippen LogP contribution in [-0.4, -0.2) is 14.5 Å². The van der Waals surface area contributed by atoms with Gasteiger partial charge in [-0.05, 0) is 42.8 Å². The summed E-state index contributed by atoms with van der Waals surface area (Å²) in [4.78, 5) is 15.1. The van der Waals surface area contributed by atoms with Gasteiger partial charge in [-0.1, -0.05) is 12.1 Å². The Morgan fingerprint density at radius 3 is 2.75 bits per heavy atom. The number of nitro groups is 1. The summed E-state index contributed by atoms with van der Waals surface area (Å²) >= 11 is 0. The molecule has 0 bridgehead atoms. The molecular formula is C18H14N4O2. The van der Waals surface area contributed by atoms with Crippen molar-refractivity contribution in [3.8, 4) is 6.07 Å². The number of nitrogens with zero attached hydrogens (tertiary/aromatic N) is 4. The normalized spacial score (nSPS) is 11.0. The lowest BCUT2D eigenvalue weighted by atomic mass is 10.1. The maximum atomic E-state index is 11.0. The zero-order valence-electron chi connectivity index (χ0n) is 13.2. The summed E-state index contributed by atoms with van der Waals surface area (Å²) in [5, 5.41) is 20.6. The molecule has 1 aromatic carbocycles. The Morgan fingerprint density at radius 1 is 1.29 bits per heavy atom. The minimum atomic E-state index is -0.406. The van der Waals surface area contributed by atoms with Gasteiger partial charge in [0.2, 0.25) is 0 Å². The van der Waals surface area contributed by atoms with Crippen LogP contribution in [0.1, 0.15) is 22.6 Å². The summed E-state index contributed by atoms with van der Waals surface area (Å²) in [6.07, 6.45) is 3.73. The lowest BCUT2D eigenvalue weighted by Crippen LogP contribution is -1.93. The molecule has 2 aromatic heterocycles. The second-order valence-corrected chi connectivity index (χ2v) is 5.41. The molecule has 24 heavy (non-hydrogen) atoms. The second-order valence-electron chi connectivity index (χ2n) is 5.41. The van der Waals surface area contributed by atoms with Gasteiger partial charge >= 0.3 is 0 Å². The number of benzene rings is 1. The van der Waals surface area contributed by atoms with Crippen LogP contribution < -0.4 is 0 Å². The molecule has 0 saturated carbocycles. The van der Waals surface area contributed by atoms with E-state index in [-0.39, 0.29) is 5.69 Å². The minimum Gasteiger partial charge on any atom is -0.339 e. The van der Waals surface area contributed by atoms with E-state index < -0.39 is 4.92 Å². The van der Waals surface area contributed by atoms with E-state index in [2.05, 4.69) is 11.1 Å². The van der Waals surface area contributed by atoms with Gasteiger partial charge in [-0.25, -0.2) is 4.98 Å². The predicted molar refractivity (Wildman–Crippen MR) is 92.2 cm³/mol. The van der Waals surface area contributed by atoms with Crippen LogP contribution in [-0.2, 0) is 7.05 Å². The fraction of sp³-hybridized carbons (Fsp3) is 0.111. The molecular weight excluding hydrogens is 304 g/mol. The van der Waals surface area contributed by atoms with Crippen molar-refractivity contribution in [2.45, 2.75) is 6.92 Å². The molecule has 3 rings (SSSR count). The summed E-state index contributed by atoms with van der Waals surface area (Å²) in [6, 6.07) is 12.3. The van der Waals surface area contributed by atoms with Crippen molar-refractivity contribution in [2.24, 2.45) is 7.05 Å². The van der Waals surface area contributed by atoms with Gasteiger partial charge in [0.1, 0.15) is 11.8 Å². The Hall–Kier alpha value is -3.46. The molecule has 3 aromatic rings. The second kappa shape index (κ2) is 5.97. The fourth-order valence-corrected chi connectivity index (χ4v) is 2.58. The van der Waals surface area contributed by atoms with Crippen molar-refractivity contribution in [3.05, 3.63) is 69.2 Å². The average molecular weight is 318 g/mol. The molecule has 0 fully saturated rings. The number of non-ortho nitro benzene ring substituents is 1. The smallest absolute Gasteiger partial charge is 0.278 e.